The van der Waals surface area contributed by atoms with Crippen LogP contribution in [0.15, 0.2) is 0 Å². The highest BCUT2D eigenvalue weighted by atomic mass is 14.4. The molecular weight excluding hydrogens is 326 g/mol. The van der Waals surface area contributed by atoms with Crippen molar-refractivity contribution < 1.29 is 0 Å². The van der Waals surface area contributed by atoms with Crippen molar-refractivity contribution in [2.75, 3.05) is 0 Å². The minimum atomic E-state index is 0.0405. The van der Waals surface area contributed by atoms with Gasteiger partial charge in [0.1, 0.15) is 0 Å². The largest absolute Gasteiger partial charge is 0.198 e. The van der Waals surface area contributed by atoms with Crippen LogP contribution in [0.3, 0.4) is 0 Å². The van der Waals surface area contributed by atoms with Crippen LogP contribution in [-0.2, 0) is 0 Å². The monoisotopic (exact) mass is 373 g/mol. The molecule has 2 rings (SSSR count). The Morgan fingerprint density at radius 2 is 1.19 bits per heavy atom. The minimum absolute atomic E-state index is 0.0405. The van der Waals surface area contributed by atoms with Crippen LogP contribution in [0.2, 0.25) is 0 Å². The summed E-state index contributed by atoms with van der Waals surface area (Å²) in [6, 6.07) is 2.79. The molecular formula is C26H47N. The van der Waals surface area contributed by atoms with Gasteiger partial charge in [-0.1, -0.05) is 97.3 Å². The number of rotatable bonds is 12. The lowest BCUT2D eigenvalue weighted by atomic mass is 9.66. The second kappa shape index (κ2) is 12.9. The Bertz CT molecular complexity index is 404. The summed E-state index contributed by atoms with van der Waals surface area (Å²) in [5.41, 5.74) is 0.0405. The molecule has 1 heteroatoms. The summed E-state index contributed by atoms with van der Waals surface area (Å²) in [6.07, 6.45) is 26.1. The second-order valence-electron chi connectivity index (χ2n) is 10.1. The number of nitriles is 1. The number of nitrogens with zero attached hydrogens (tertiary/aromatic N) is 1. The van der Waals surface area contributed by atoms with Gasteiger partial charge in [-0.2, -0.15) is 5.26 Å². The molecule has 2 fully saturated rings. The molecule has 0 aromatic heterocycles. The highest BCUT2D eigenvalue weighted by molar-refractivity contribution is 5.01. The van der Waals surface area contributed by atoms with Crippen LogP contribution in [-0.4, -0.2) is 0 Å². The van der Waals surface area contributed by atoms with E-state index in [-0.39, 0.29) is 5.41 Å². The summed E-state index contributed by atoms with van der Waals surface area (Å²) in [5.74, 6) is 2.85. The fraction of sp³-hybridized carbons (Fsp3) is 0.962. The van der Waals surface area contributed by atoms with Gasteiger partial charge in [0.15, 0.2) is 0 Å². The highest BCUT2D eigenvalue weighted by Gasteiger charge is 2.35. The van der Waals surface area contributed by atoms with Gasteiger partial charge in [0.25, 0.3) is 0 Å². The first-order valence-corrected chi connectivity index (χ1v) is 12.6. The zero-order valence-electron chi connectivity index (χ0n) is 18.6. The molecule has 0 amide bonds. The van der Waals surface area contributed by atoms with Gasteiger partial charge in [0, 0.05) is 0 Å². The van der Waals surface area contributed by atoms with E-state index in [1.54, 1.807) is 0 Å². The maximum atomic E-state index is 9.88. The molecule has 0 N–H and O–H groups in total. The van der Waals surface area contributed by atoms with Crippen LogP contribution in [0.5, 0.6) is 0 Å². The fourth-order valence-electron chi connectivity index (χ4n) is 5.76. The molecule has 156 valence electrons. The van der Waals surface area contributed by atoms with Crippen LogP contribution in [0.25, 0.3) is 0 Å². The maximum Gasteiger partial charge on any atom is 0.0689 e. The summed E-state index contributed by atoms with van der Waals surface area (Å²) >= 11 is 0. The standard InChI is InChI=1S/C26H47N/c1-3-5-7-8-9-11-23-12-14-25(15-13-23)18-21-26(22-27)19-16-24(17-20-26)10-6-4-2/h23-25H,3-21H2,1-2H3/t23-,24-,25-,26-. The maximum absolute atomic E-state index is 9.88. The van der Waals surface area contributed by atoms with Crippen molar-refractivity contribution in [1.82, 2.24) is 0 Å². The van der Waals surface area contributed by atoms with E-state index in [1.165, 1.54) is 122 Å². The number of hydrogen-bond donors (Lipinski definition) is 0. The van der Waals surface area contributed by atoms with Crippen molar-refractivity contribution in [2.24, 2.45) is 23.2 Å². The first-order chi connectivity index (χ1) is 13.2. The Balaban J connectivity index is 1.60. The van der Waals surface area contributed by atoms with Crippen molar-refractivity contribution in [3.63, 3.8) is 0 Å². The van der Waals surface area contributed by atoms with Crippen molar-refractivity contribution in [2.45, 2.75) is 136 Å². The fourth-order valence-corrected chi connectivity index (χ4v) is 5.76. The molecule has 0 heterocycles. The van der Waals surface area contributed by atoms with Gasteiger partial charge in [-0.05, 0) is 56.3 Å². The molecule has 0 radical (unpaired) electrons. The SMILES string of the molecule is CCCCCCC[C@H]1CC[C@H](CC[C@]2(C#N)CC[C@H](CCCC)CC2)CC1. The van der Waals surface area contributed by atoms with Crippen molar-refractivity contribution in [3.05, 3.63) is 0 Å². The Labute approximate surface area is 170 Å². The van der Waals surface area contributed by atoms with Crippen LogP contribution in [0.4, 0.5) is 0 Å². The van der Waals surface area contributed by atoms with Crippen molar-refractivity contribution in [1.29, 1.82) is 5.26 Å². The Morgan fingerprint density at radius 3 is 1.78 bits per heavy atom. The van der Waals surface area contributed by atoms with E-state index in [0.717, 1.165) is 17.8 Å². The molecule has 27 heavy (non-hydrogen) atoms. The van der Waals surface area contributed by atoms with Gasteiger partial charge in [-0.25, -0.2) is 0 Å². The summed E-state index contributed by atoms with van der Waals surface area (Å²) in [6.45, 7) is 4.60. The molecule has 0 aromatic carbocycles. The van der Waals surface area contributed by atoms with E-state index in [2.05, 4.69) is 19.9 Å². The quantitative estimate of drug-likeness (QED) is 0.313. The molecule has 2 saturated carbocycles. The lowest BCUT2D eigenvalue weighted by Crippen LogP contribution is -2.27. The minimum Gasteiger partial charge on any atom is -0.198 e. The molecule has 1 nitrogen and oxygen atoms in total. The molecule has 0 bridgehead atoms. The summed E-state index contributed by atoms with van der Waals surface area (Å²) in [7, 11) is 0. The van der Waals surface area contributed by atoms with Gasteiger partial charge in [-0.15, -0.1) is 0 Å². The molecule has 0 unspecified atom stereocenters. The zero-order valence-corrected chi connectivity index (χ0v) is 18.6. The third-order valence-electron chi connectivity index (χ3n) is 7.98. The highest BCUT2D eigenvalue weighted by Crippen LogP contribution is 2.45. The van der Waals surface area contributed by atoms with Crippen molar-refractivity contribution >= 4 is 0 Å². The smallest absolute Gasteiger partial charge is 0.0689 e. The van der Waals surface area contributed by atoms with E-state index >= 15 is 0 Å². The molecule has 2 aliphatic carbocycles. The summed E-state index contributed by atoms with van der Waals surface area (Å²) in [5, 5.41) is 9.88. The first-order valence-electron chi connectivity index (χ1n) is 12.6. The van der Waals surface area contributed by atoms with E-state index in [0.29, 0.717) is 0 Å². The second-order valence-corrected chi connectivity index (χ2v) is 10.1. The van der Waals surface area contributed by atoms with E-state index in [1.807, 2.05) is 0 Å². The summed E-state index contributed by atoms with van der Waals surface area (Å²) in [4.78, 5) is 0. The van der Waals surface area contributed by atoms with E-state index in [9.17, 15) is 5.26 Å². The predicted octanol–water partition coefficient (Wildman–Crippen LogP) is 8.82. The average Bonchev–Trinajstić information content (AvgIpc) is 2.72. The Hall–Kier alpha value is -0.510. The normalized spacial score (nSPS) is 31.5. The molecule has 0 aromatic rings. The summed E-state index contributed by atoms with van der Waals surface area (Å²) < 4.78 is 0. The van der Waals surface area contributed by atoms with E-state index < -0.39 is 0 Å². The van der Waals surface area contributed by atoms with Crippen LogP contribution >= 0.6 is 0 Å². The van der Waals surface area contributed by atoms with Gasteiger partial charge in [0.2, 0.25) is 0 Å². The number of hydrogen-bond acceptors (Lipinski definition) is 1. The van der Waals surface area contributed by atoms with E-state index in [4.69, 9.17) is 0 Å². The lowest BCUT2D eigenvalue weighted by molar-refractivity contribution is 0.163. The van der Waals surface area contributed by atoms with Gasteiger partial charge in [0.05, 0.1) is 11.5 Å². The van der Waals surface area contributed by atoms with Crippen LogP contribution < -0.4 is 0 Å². The molecule has 2 aliphatic rings. The Morgan fingerprint density at radius 1 is 0.667 bits per heavy atom. The van der Waals surface area contributed by atoms with Crippen LogP contribution in [0.1, 0.15) is 136 Å². The van der Waals surface area contributed by atoms with Gasteiger partial charge >= 0.3 is 0 Å². The van der Waals surface area contributed by atoms with Gasteiger partial charge in [-0.3, -0.25) is 0 Å². The lowest BCUT2D eigenvalue weighted by Gasteiger charge is -2.37. The first kappa shape index (κ1) is 22.8. The van der Waals surface area contributed by atoms with Crippen LogP contribution in [0, 0.1) is 34.5 Å². The van der Waals surface area contributed by atoms with Crippen molar-refractivity contribution in [3.8, 4) is 6.07 Å². The average molecular weight is 374 g/mol. The predicted molar refractivity (Wildman–Crippen MR) is 118 cm³/mol. The molecule has 0 saturated heterocycles. The third kappa shape index (κ3) is 8.17. The molecule has 0 atom stereocenters. The topological polar surface area (TPSA) is 23.8 Å². The van der Waals surface area contributed by atoms with Gasteiger partial charge < -0.3 is 0 Å². The zero-order chi connectivity index (χ0) is 19.4. The number of unbranched alkanes of at least 4 members (excludes halogenated alkanes) is 5. The molecule has 0 spiro atoms. The Kier molecular flexibility index (Phi) is 10.8. The molecule has 0 aliphatic heterocycles. The third-order valence-corrected chi connectivity index (χ3v) is 7.98.